The SMILES string of the molecule is N#Cc1cccc(C2CCC([C@H]3CC[C@H](/C=C/CC(F)F)CC3)CC2)c1F. The van der Waals surface area contributed by atoms with Gasteiger partial charge in [0.25, 0.3) is 0 Å². The fraction of sp³-hybridized carbons (Fsp3) is 0.609. The van der Waals surface area contributed by atoms with Gasteiger partial charge in [-0.05, 0) is 86.7 Å². The molecule has 0 atom stereocenters. The fourth-order valence-corrected chi connectivity index (χ4v) is 5.04. The van der Waals surface area contributed by atoms with Crippen LogP contribution >= 0.6 is 0 Å². The van der Waals surface area contributed by atoms with Crippen molar-refractivity contribution in [2.45, 2.75) is 70.1 Å². The van der Waals surface area contributed by atoms with Crippen LogP contribution in [-0.4, -0.2) is 6.43 Å². The topological polar surface area (TPSA) is 23.8 Å². The molecule has 1 aromatic carbocycles. The molecule has 0 unspecified atom stereocenters. The third-order valence-electron chi connectivity index (χ3n) is 6.57. The Kier molecular flexibility index (Phi) is 6.99. The van der Waals surface area contributed by atoms with E-state index in [1.54, 1.807) is 18.2 Å². The zero-order valence-electron chi connectivity index (χ0n) is 15.7. The number of allylic oxidation sites excluding steroid dienone is 2. The minimum atomic E-state index is -2.24. The second-order valence-corrected chi connectivity index (χ2v) is 8.16. The highest BCUT2D eigenvalue weighted by molar-refractivity contribution is 5.36. The number of alkyl halides is 2. The zero-order valence-corrected chi connectivity index (χ0v) is 15.7. The molecule has 2 fully saturated rings. The lowest BCUT2D eigenvalue weighted by Gasteiger charge is -2.37. The molecule has 0 amide bonds. The third-order valence-corrected chi connectivity index (χ3v) is 6.57. The zero-order chi connectivity index (χ0) is 19.2. The highest BCUT2D eigenvalue weighted by Gasteiger charge is 2.31. The van der Waals surface area contributed by atoms with Gasteiger partial charge in [0.2, 0.25) is 6.43 Å². The maximum absolute atomic E-state index is 14.4. The second-order valence-electron chi connectivity index (χ2n) is 8.16. The lowest BCUT2D eigenvalue weighted by atomic mass is 9.68. The lowest BCUT2D eigenvalue weighted by Crippen LogP contribution is -2.25. The van der Waals surface area contributed by atoms with E-state index in [9.17, 15) is 13.2 Å². The Bertz CT molecular complexity index is 675. The van der Waals surface area contributed by atoms with Crippen LogP contribution in [0.15, 0.2) is 30.4 Å². The van der Waals surface area contributed by atoms with Gasteiger partial charge in [0.05, 0.1) is 5.56 Å². The Morgan fingerprint density at radius 3 is 2.22 bits per heavy atom. The number of benzene rings is 1. The molecule has 2 aliphatic rings. The summed E-state index contributed by atoms with van der Waals surface area (Å²) in [4.78, 5) is 0. The first-order valence-corrected chi connectivity index (χ1v) is 10.2. The van der Waals surface area contributed by atoms with E-state index in [1.165, 1.54) is 12.8 Å². The van der Waals surface area contributed by atoms with Gasteiger partial charge >= 0.3 is 0 Å². The van der Waals surface area contributed by atoms with Gasteiger partial charge in [0.1, 0.15) is 11.9 Å². The molecule has 1 aromatic rings. The summed E-state index contributed by atoms with van der Waals surface area (Å²) in [5.74, 6) is 1.78. The summed E-state index contributed by atoms with van der Waals surface area (Å²) in [6.07, 6.45) is 10.0. The predicted molar refractivity (Wildman–Crippen MR) is 101 cm³/mol. The maximum atomic E-state index is 14.4. The minimum Gasteiger partial charge on any atom is -0.210 e. The molecule has 2 saturated carbocycles. The van der Waals surface area contributed by atoms with Crippen LogP contribution in [0.1, 0.15) is 74.8 Å². The molecule has 0 aromatic heterocycles. The van der Waals surface area contributed by atoms with E-state index in [0.717, 1.165) is 44.4 Å². The van der Waals surface area contributed by atoms with Gasteiger partial charge in [-0.1, -0.05) is 24.3 Å². The van der Waals surface area contributed by atoms with Crippen LogP contribution in [0.25, 0.3) is 0 Å². The molecular formula is C23H28F3N. The average Bonchev–Trinajstić information content (AvgIpc) is 2.69. The van der Waals surface area contributed by atoms with Gasteiger partial charge < -0.3 is 0 Å². The van der Waals surface area contributed by atoms with Gasteiger partial charge in [0, 0.05) is 6.42 Å². The van der Waals surface area contributed by atoms with Gasteiger partial charge in [-0.25, -0.2) is 13.2 Å². The maximum Gasteiger partial charge on any atom is 0.242 e. The van der Waals surface area contributed by atoms with Gasteiger partial charge in [-0.15, -0.1) is 0 Å². The van der Waals surface area contributed by atoms with Crippen molar-refractivity contribution < 1.29 is 13.2 Å². The Hall–Kier alpha value is -1.76. The first kappa shape index (κ1) is 20.0. The standard InChI is InChI=1S/C23H28F3N/c24-22(25)6-1-3-16-7-9-17(10-8-16)18-11-13-19(14-12-18)21-5-2-4-20(15-27)23(21)26/h1-5,16-19,22H,6-14H2/b3-1+/t16-,17-,18?,19?. The molecule has 1 nitrogen and oxygen atoms in total. The second kappa shape index (κ2) is 9.44. The van der Waals surface area contributed by atoms with Gasteiger partial charge in [-0.2, -0.15) is 5.26 Å². The molecule has 146 valence electrons. The molecule has 3 rings (SSSR count). The number of nitriles is 1. The molecule has 0 N–H and O–H groups in total. The van der Waals surface area contributed by atoms with Crippen molar-refractivity contribution in [3.05, 3.63) is 47.3 Å². The van der Waals surface area contributed by atoms with E-state index in [0.29, 0.717) is 17.4 Å². The largest absolute Gasteiger partial charge is 0.242 e. The van der Waals surface area contributed by atoms with Crippen LogP contribution in [0.5, 0.6) is 0 Å². The third kappa shape index (κ3) is 5.15. The number of hydrogen-bond donors (Lipinski definition) is 0. The monoisotopic (exact) mass is 375 g/mol. The molecule has 0 radical (unpaired) electrons. The van der Waals surface area contributed by atoms with Crippen molar-refractivity contribution in [2.24, 2.45) is 17.8 Å². The van der Waals surface area contributed by atoms with E-state index < -0.39 is 6.43 Å². The summed E-state index contributed by atoms with van der Waals surface area (Å²) in [5, 5.41) is 9.02. The summed E-state index contributed by atoms with van der Waals surface area (Å²) in [6.45, 7) is 0. The molecule has 0 spiro atoms. The van der Waals surface area contributed by atoms with Crippen LogP contribution in [0, 0.1) is 34.9 Å². The van der Waals surface area contributed by atoms with Crippen LogP contribution in [0.3, 0.4) is 0 Å². The normalized spacial score (nSPS) is 29.1. The van der Waals surface area contributed by atoms with E-state index in [1.807, 2.05) is 18.2 Å². The molecule has 27 heavy (non-hydrogen) atoms. The number of rotatable bonds is 5. The Balaban J connectivity index is 1.48. The van der Waals surface area contributed by atoms with Crippen molar-refractivity contribution in [2.75, 3.05) is 0 Å². The lowest BCUT2D eigenvalue weighted by molar-refractivity contribution is 0.151. The van der Waals surface area contributed by atoms with Crippen molar-refractivity contribution in [1.29, 1.82) is 5.26 Å². The summed E-state index contributed by atoms with van der Waals surface area (Å²) < 4.78 is 38.9. The first-order valence-electron chi connectivity index (χ1n) is 10.2. The fourth-order valence-electron chi connectivity index (χ4n) is 5.04. The van der Waals surface area contributed by atoms with Gasteiger partial charge in [0.15, 0.2) is 0 Å². The molecule has 0 aliphatic heterocycles. The smallest absolute Gasteiger partial charge is 0.210 e. The Morgan fingerprint density at radius 1 is 1.00 bits per heavy atom. The van der Waals surface area contributed by atoms with Crippen LogP contribution in [0.4, 0.5) is 13.2 Å². The van der Waals surface area contributed by atoms with Crippen molar-refractivity contribution in [3.8, 4) is 6.07 Å². The predicted octanol–water partition coefficient (Wildman–Crippen LogP) is 6.99. The van der Waals surface area contributed by atoms with Crippen LogP contribution in [-0.2, 0) is 0 Å². The average molecular weight is 375 g/mol. The molecule has 0 saturated heterocycles. The number of nitrogens with zero attached hydrogens (tertiary/aromatic N) is 1. The minimum absolute atomic E-state index is 0.131. The highest BCUT2D eigenvalue weighted by Crippen LogP contribution is 2.44. The molecule has 0 bridgehead atoms. The molecular weight excluding hydrogens is 347 g/mol. The van der Waals surface area contributed by atoms with Crippen LogP contribution in [0.2, 0.25) is 0 Å². The van der Waals surface area contributed by atoms with Crippen molar-refractivity contribution in [3.63, 3.8) is 0 Å². The summed E-state index contributed by atoms with van der Waals surface area (Å²) >= 11 is 0. The summed E-state index contributed by atoms with van der Waals surface area (Å²) in [7, 11) is 0. The van der Waals surface area contributed by atoms with Crippen molar-refractivity contribution >= 4 is 0 Å². The van der Waals surface area contributed by atoms with E-state index >= 15 is 0 Å². The van der Waals surface area contributed by atoms with Crippen molar-refractivity contribution in [1.82, 2.24) is 0 Å². The number of halogens is 3. The molecule has 2 aliphatic carbocycles. The van der Waals surface area contributed by atoms with E-state index in [-0.39, 0.29) is 23.7 Å². The van der Waals surface area contributed by atoms with E-state index in [2.05, 4.69) is 0 Å². The van der Waals surface area contributed by atoms with Gasteiger partial charge in [-0.3, -0.25) is 0 Å². The Morgan fingerprint density at radius 2 is 1.63 bits per heavy atom. The quantitative estimate of drug-likeness (QED) is 0.509. The van der Waals surface area contributed by atoms with E-state index in [4.69, 9.17) is 5.26 Å². The molecule has 4 heteroatoms. The summed E-state index contributed by atoms with van der Waals surface area (Å²) in [5.41, 5.74) is 0.855. The van der Waals surface area contributed by atoms with Crippen LogP contribution < -0.4 is 0 Å². The summed E-state index contributed by atoms with van der Waals surface area (Å²) in [6, 6.07) is 7.09. The first-order chi connectivity index (χ1) is 13.1. The highest BCUT2D eigenvalue weighted by atomic mass is 19.3. The number of hydrogen-bond acceptors (Lipinski definition) is 1. The molecule has 0 heterocycles. The Labute approximate surface area is 160 Å².